The number of carbonyl (C=O) groups is 1. The van der Waals surface area contributed by atoms with Gasteiger partial charge in [-0.1, -0.05) is 18.2 Å². The Hall–Kier alpha value is -2.77. The van der Waals surface area contributed by atoms with Gasteiger partial charge in [0.1, 0.15) is 6.54 Å². The summed E-state index contributed by atoms with van der Waals surface area (Å²) >= 11 is 0. The van der Waals surface area contributed by atoms with Crippen LogP contribution in [0.3, 0.4) is 0 Å². The maximum Gasteiger partial charge on any atom is 0.435 e. The molecule has 1 aliphatic carbocycles. The molecular weight excluding hydrogens is 345 g/mol. The summed E-state index contributed by atoms with van der Waals surface area (Å²) < 4.78 is 39.9. The maximum absolute atomic E-state index is 12.9. The molecule has 0 saturated heterocycles. The van der Waals surface area contributed by atoms with E-state index in [4.69, 9.17) is 0 Å². The van der Waals surface area contributed by atoms with Crippen LogP contribution in [0.1, 0.15) is 35.8 Å². The van der Waals surface area contributed by atoms with Crippen LogP contribution in [0.5, 0.6) is 0 Å². The third-order valence-corrected chi connectivity index (χ3v) is 4.45. The lowest BCUT2D eigenvalue weighted by Gasteiger charge is -2.07. The van der Waals surface area contributed by atoms with E-state index in [1.807, 2.05) is 30.3 Å². The van der Waals surface area contributed by atoms with Gasteiger partial charge in [-0.25, -0.2) is 0 Å². The summed E-state index contributed by atoms with van der Waals surface area (Å²) in [5.41, 5.74) is 1.34. The molecule has 2 N–H and O–H groups in total. The summed E-state index contributed by atoms with van der Waals surface area (Å²) in [6, 6.07) is 10.7. The molecule has 0 unspecified atom stereocenters. The first-order valence-corrected chi connectivity index (χ1v) is 8.38. The molecule has 2 aromatic heterocycles. The molecule has 26 heavy (non-hydrogen) atoms. The van der Waals surface area contributed by atoms with E-state index in [1.54, 1.807) is 0 Å². The van der Waals surface area contributed by atoms with E-state index >= 15 is 0 Å². The Kier molecular flexibility index (Phi) is 3.97. The summed E-state index contributed by atoms with van der Waals surface area (Å²) in [6.07, 6.45) is -2.84. The summed E-state index contributed by atoms with van der Waals surface area (Å²) in [6.45, 7) is 0.0574. The van der Waals surface area contributed by atoms with Gasteiger partial charge in [0.25, 0.3) is 0 Å². The van der Waals surface area contributed by atoms with Crippen LogP contribution in [-0.4, -0.2) is 20.7 Å². The molecule has 1 amide bonds. The zero-order valence-corrected chi connectivity index (χ0v) is 13.8. The predicted octanol–water partition coefficient (Wildman–Crippen LogP) is 3.58. The highest BCUT2D eigenvalue weighted by atomic mass is 19.4. The highest BCUT2D eigenvalue weighted by molar-refractivity contribution is 5.80. The standard InChI is InChI=1S/C18H17F3N4O/c19-18(20,21)16-8-15(11-5-6-11)25(24-16)10-17(26)22-9-13-7-12-3-1-2-4-14(12)23-13/h1-4,7-8,11,23H,5-6,9-10H2,(H,22,26). The van der Waals surface area contributed by atoms with E-state index in [2.05, 4.69) is 15.4 Å². The second-order valence-electron chi connectivity index (χ2n) is 6.54. The Morgan fingerprint density at radius 3 is 2.73 bits per heavy atom. The first kappa shape index (κ1) is 16.7. The smallest absolute Gasteiger partial charge is 0.357 e. The van der Waals surface area contributed by atoms with Crippen LogP contribution in [0.4, 0.5) is 13.2 Å². The highest BCUT2D eigenvalue weighted by Gasteiger charge is 2.38. The molecule has 0 bridgehead atoms. The first-order valence-electron chi connectivity index (χ1n) is 8.38. The molecule has 0 spiro atoms. The van der Waals surface area contributed by atoms with Crippen molar-refractivity contribution in [1.29, 1.82) is 0 Å². The molecule has 3 aromatic rings. The lowest BCUT2D eigenvalue weighted by Crippen LogP contribution is -2.28. The summed E-state index contributed by atoms with van der Waals surface area (Å²) in [7, 11) is 0. The number of para-hydroxylation sites is 1. The number of halogens is 3. The van der Waals surface area contributed by atoms with E-state index in [0.29, 0.717) is 5.69 Å². The van der Waals surface area contributed by atoms with Gasteiger partial charge in [0.15, 0.2) is 5.69 Å². The molecule has 0 atom stereocenters. The van der Waals surface area contributed by atoms with Crippen LogP contribution in [-0.2, 0) is 24.1 Å². The van der Waals surface area contributed by atoms with Crippen LogP contribution in [0.25, 0.3) is 10.9 Å². The Morgan fingerprint density at radius 1 is 1.27 bits per heavy atom. The SMILES string of the molecule is O=C(Cn1nc(C(F)(F)F)cc1C1CC1)NCc1cc2ccccc2[nH]1. The third kappa shape index (κ3) is 3.44. The topological polar surface area (TPSA) is 62.7 Å². The first-order chi connectivity index (χ1) is 12.4. The Bertz CT molecular complexity index is 920. The number of carbonyl (C=O) groups excluding carboxylic acids is 1. The van der Waals surface area contributed by atoms with Gasteiger partial charge in [-0.3, -0.25) is 9.48 Å². The number of hydrogen-bond donors (Lipinski definition) is 2. The number of benzene rings is 1. The number of nitrogens with one attached hydrogen (secondary N) is 2. The molecule has 136 valence electrons. The molecule has 0 aliphatic heterocycles. The second-order valence-corrected chi connectivity index (χ2v) is 6.54. The Balaban J connectivity index is 1.43. The zero-order valence-electron chi connectivity index (χ0n) is 13.8. The minimum absolute atomic E-state index is 0.0695. The van der Waals surface area contributed by atoms with Gasteiger partial charge < -0.3 is 10.3 Å². The summed E-state index contributed by atoms with van der Waals surface area (Å²) in [5, 5.41) is 7.36. The lowest BCUT2D eigenvalue weighted by molar-refractivity contribution is -0.141. The van der Waals surface area contributed by atoms with Gasteiger partial charge >= 0.3 is 6.18 Å². The van der Waals surface area contributed by atoms with E-state index in [-0.39, 0.29) is 24.9 Å². The fraction of sp³-hybridized carbons (Fsp3) is 0.333. The number of H-pyrrole nitrogens is 1. The molecule has 0 radical (unpaired) electrons. The highest BCUT2D eigenvalue weighted by Crippen LogP contribution is 2.42. The van der Waals surface area contributed by atoms with Crippen molar-refractivity contribution in [3.8, 4) is 0 Å². The van der Waals surface area contributed by atoms with Crippen molar-refractivity contribution in [2.75, 3.05) is 0 Å². The van der Waals surface area contributed by atoms with Gasteiger partial charge in [0.05, 0.1) is 6.54 Å². The Labute approximate surface area is 147 Å². The molecule has 4 rings (SSSR count). The van der Waals surface area contributed by atoms with E-state index in [0.717, 1.165) is 35.5 Å². The molecule has 1 fully saturated rings. The van der Waals surface area contributed by atoms with Gasteiger partial charge in [-0.05, 0) is 36.4 Å². The van der Waals surface area contributed by atoms with Crippen molar-refractivity contribution in [2.45, 2.75) is 38.0 Å². The molecule has 1 aliphatic rings. The van der Waals surface area contributed by atoms with E-state index < -0.39 is 11.9 Å². The van der Waals surface area contributed by atoms with Crippen LogP contribution in [0.15, 0.2) is 36.4 Å². The van der Waals surface area contributed by atoms with Crippen molar-refractivity contribution in [3.63, 3.8) is 0 Å². The summed E-state index contributed by atoms with van der Waals surface area (Å²) in [5.74, 6) is -0.303. The predicted molar refractivity (Wildman–Crippen MR) is 89.3 cm³/mol. The number of hydrogen-bond acceptors (Lipinski definition) is 2. The molecular formula is C18H17F3N4O. The van der Waals surface area contributed by atoms with Gasteiger partial charge in [0.2, 0.25) is 5.91 Å². The van der Waals surface area contributed by atoms with Crippen molar-refractivity contribution in [2.24, 2.45) is 0 Å². The Morgan fingerprint density at radius 2 is 2.04 bits per heavy atom. The van der Waals surface area contributed by atoms with Crippen LogP contribution < -0.4 is 5.32 Å². The van der Waals surface area contributed by atoms with Crippen LogP contribution in [0, 0.1) is 0 Å². The number of rotatable bonds is 5. The number of nitrogens with zero attached hydrogens (tertiary/aromatic N) is 2. The van der Waals surface area contributed by atoms with Gasteiger partial charge in [-0.15, -0.1) is 0 Å². The van der Waals surface area contributed by atoms with Crippen LogP contribution in [0.2, 0.25) is 0 Å². The normalized spacial score (nSPS) is 14.7. The molecule has 2 heterocycles. The average Bonchev–Trinajstić information content (AvgIpc) is 3.19. The lowest BCUT2D eigenvalue weighted by atomic mass is 10.2. The number of alkyl halides is 3. The minimum atomic E-state index is -4.50. The maximum atomic E-state index is 12.9. The van der Waals surface area contributed by atoms with Crippen molar-refractivity contribution in [1.82, 2.24) is 20.1 Å². The third-order valence-electron chi connectivity index (χ3n) is 4.45. The van der Waals surface area contributed by atoms with Crippen molar-refractivity contribution in [3.05, 3.63) is 53.5 Å². The number of fused-ring (bicyclic) bond motifs is 1. The number of amides is 1. The zero-order chi connectivity index (χ0) is 18.3. The van der Waals surface area contributed by atoms with Gasteiger partial charge in [0, 0.05) is 22.8 Å². The largest absolute Gasteiger partial charge is 0.435 e. The number of aromatic nitrogens is 3. The van der Waals surface area contributed by atoms with Gasteiger partial charge in [-0.2, -0.15) is 18.3 Å². The summed E-state index contributed by atoms with van der Waals surface area (Å²) in [4.78, 5) is 15.4. The fourth-order valence-electron chi connectivity index (χ4n) is 3.02. The monoisotopic (exact) mass is 362 g/mol. The van der Waals surface area contributed by atoms with E-state index in [9.17, 15) is 18.0 Å². The quantitative estimate of drug-likeness (QED) is 0.729. The average molecular weight is 362 g/mol. The minimum Gasteiger partial charge on any atom is -0.357 e. The second kappa shape index (κ2) is 6.19. The molecule has 1 aromatic carbocycles. The fourth-order valence-corrected chi connectivity index (χ4v) is 3.02. The molecule has 1 saturated carbocycles. The van der Waals surface area contributed by atoms with Crippen molar-refractivity contribution < 1.29 is 18.0 Å². The van der Waals surface area contributed by atoms with Crippen LogP contribution >= 0.6 is 0 Å². The van der Waals surface area contributed by atoms with Crippen molar-refractivity contribution >= 4 is 16.8 Å². The number of aromatic amines is 1. The molecule has 8 heteroatoms. The van der Waals surface area contributed by atoms with E-state index in [1.165, 1.54) is 4.68 Å². The molecule has 5 nitrogen and oxygen atoms in total.